The van der Waals surface area contributed by atoms with Crippen LogP contribution in [0.4, 0.5) is 11.4 Å². The lowest BCUT2D eigenvalue weighted by Crippen LogP contribution is -2.40. The molecule has 0 atom stereocenters. The lowest BCUT2D eigenvalue weighted by atomic mass is 10.1. The first kappa shape index (κ1) is 27.9. The molecule has 1 saturated heterocycles. The van der Waals surface area contributed by atoms with Gasteiger partial charge in [-0.25, -0.2) is 18.1 Å². The molecule has 0 N–H and O–H groups in total. The van der Waals surface area contributed by atoms with Crippen molar-refractivity contribution >= 4 is 50.7 Å². The number of ether oxygens (including phenoxy) is 1. The number of non-ortho nitro benzene ring substituents is 1. The number of nitro benzene ring substituents is 1. The van der Waals surface area contributed by atoms with Crippen LogP contribution in [-0.2, 0) is 14.8 Å². The molecule has 10 nitrogen and oxygen atoms in total. The van der Waals surface area contributed by atoms with Gasteiger partial charge in [-0.15, -0.1) is 23.1 Å². The number of morpholine rings is 1. The fourth-order valence-electron chi connectivity index (χ4n) is 3.99. The molecule has 0 aliphatic carbocycles. The molecule has 206 valence electrons. The Morgan fingerprint density at radius 1 is 1.00 bits per heavy atom. The van der Waals surface area contributed by atoms with Crippen molar-refractivity contribution < 1.29 is 18.1 Å². The summed E-state index contributed by atoms with van der Waals surface area (Å²) in [6.45, 7) is 1.41. The molecule has 1 fully saturated rings. The fraction of sp³-hybridized carbons (Fsp3) is 0.185. The number of thiazole rings is 1. The zero-order valence-electron chi connectivity index (χ0n) is 21.4. The average molecular weight is 596 g/mol. The van der Waals surface area contributed by atoms with Crippen LogP contribution in [0.1, 0.15) is 5.56 Å². The van der Waals surface area contributed by atoms with Crippen LogP contribution < -0.4 is 4.80 Å². The third-order valence-corrected chi connectivity index (χ3v) is 9.64. The van der Waals surface area contributed by atoms with Crippen LogP contribution in [-0.4, -0.2) is 61.1 Å². The first-order valence-corrected chi connectivity index (χ1v) is 15.8. The van der Waals surface area contributed by atoms with E-state index < -0.39 is 14.9 Å². The van der Waals surface area contributed by atoms with E-state index in [0.717, 1.165) is 16.0 Å². The molecule has 1 aliphatic rings. The summed E-state index contributed by atoms with van der Waals surface area (Å²) in [7, 11) is -3.61. The number of hydrogen-bond acceptors (Lipinski definition) is 9. The number of nitro groups is 1. The summed E-state index contributed by atoms with van der Waals surface area (Å²) in [6, 6.07) is 20.6. The normalized spacial score (nSPS) is 15.1. The predicted molar refractivity (Wildman–Crippen MR) is 157 cm³/mol. The summed E-state index contributed by atoms with van der Waals surface area (Å²) >= 11 is 3.01. The lowest BCUT2D eigenvalue weighted by molar-refractivity contribution is -0.384. The minimum Gasteiger partial charge on any atom is -0.379 e. The highest BCUT2D eigenvalue weighted by molar-refractivity contribution is 7.98. The monoisotopic (exact) mass is 595 g/mol. The topological polar surface area (TPSA) is 119 Å². The molecule has 40 heavy (non-hydrogen) atoms. The quantitative estimate of drug-likeness (QED) is 0.123. The number of benzene rings is 3. The van der Waals surface area contributed by atoms with Crippen LogP contribution in [0.2, 0.25) is 0 Å². The lowest BCUT2D eigenvalue weighted by Gasteiger charge is -2.26. The fourth-order valence-corrected chi connectivity index (χ4v) is 6.67. The van der Waals surface area contributed by atoms with E-state index in [9.17, 15) is 18.5 Å². The van der Waals surface area contributed by atoms with E-state index in [1.807, 2.05) is 35.9 Å². The molecule has 0 radical (unpaired) electrons. The maximum atomic E-state index is 13.0. The molecule has 3 aromatic carbocycles. The summed E-state index contributed by atoms with van der Waals surface area (Å²) in [5.74, 6) is 0. The van der Waals surface area contributed by atoms with Crippen molar-refractivity contribution in [2.24, 2.45) is 10.1 Å². The minimum atomic E-state index is -3.61. The minimum absolute atomic E-state index is 0.0000492. The molecule has 0 unspecified atom stereocenters. The van der Waals surface area contributed by atoms with Gasteiger partial charge in [-0.2, -0.15) is 9.41 Å². The number of thioether (sulfide) groups is 1. The van der Waals surface area contributed by atoms with Gasteiger partial charge in [0.2, 0.25) is 14.8 Å². The summed E-state index contributed by atoms with van der Waals surface area (Å²) in [5, 5.41) is 17.7. The van der Waals surface area contributed by atoms with Gasteiger partial charge in [0.25, 0.3) is 5.69 Å². The molecule has 13 heteroatoms. The van der Waals surface area contributed by atoms with Crippen LogP contribution in [0, 0.1) is 10.1 Å². The molecule has 0 bridgehead atoms. The van der Waals surface area contributed by atoms with Gasteiger partial charge in [-0.3, -0.25) is 10.1 Å². The summed E-state index contributed by atoms with van der Waals surface area (Å²) in [5.41, 5.74) is 2.91. The van der Waals surface area contributed by atoms with Crippen molar-refractivity contribution in [2.75, 3.05) is 32.6 Å². The molecule has 0 spiro atoms. The van der Waals surface area contributed by atoms with E-state index in [2.05, 4.69) is 0 Å². The average Bonchev–Trinajstić information content (AvgIpc) is 3.39. The van der Waals surface area contributed by atoms with E-state index in [1.165, 1.54) is 27.8 Å². The van der Waals surface area contributed by atoms with Crippen LogP contribution in [0.3, 0.4) is 0 Å². The Bertz CT molecular complexity index is 1690. The van der Waals surface area contributed by atoms with Gasteiger partial charge < -0.3 is 4.74 Å². The number of aromatic nitrogens is 1. The van der Waals surface area contributed by atoms with Gasteiger partial charge in [0.05, 0.1) is 40.6 Å². The Morgan fingerprint density at radius 2 is 1.68 bits per heavy atom. The molecule has 0 amide bonds. The van der Waals surface area contributed by atoms with Gasteiger partial charge >= 0.3 is 0 Å². The van der Waals surface area contributed by atoms with E-state index in [-0.39, 0.29) is 10.6 Å². The number of nitrogens with zero attached hydrogens (tertiary/aromatic N) is 5. The van der Waals surface area contributed by atoms with Gasteiger partial charge in [-0.05, 0) is 60.4 Å². The van der Waals surface area contributed by atoms with Gasteiger partial charge in [0, 0.05) is 41.1 Å². The maximum absolute atomic E-state index is 13.0. The Kier molecular flexibility index (Phi) is 8.57. The smallest absolute Gasteiger partial charge is 0.269 e. The standard InChI is InChI=1S/C27H25N5O5S3/c1-38-24-10-2-20(3-11-24)18-28-31-26(21-4-8-23(9-5-21)32(33)34)19-39-27(31)29-22-6-12-25(13-7-22)40(35,36)30-14-16-37-17-15-30/h2-13,18-19H,14-17H2,1H3. The van der Waals surface area contributed by atoms with Crippen LogP contribution in [0.5, 0.6) is 0 Å². The summed E-state index contributed by atoms with van der Waals surface area (Å²) < 4.78 is 34.3. The second-order valence-corrected chi connectivity index (χ2v) is 12.3. The predicted octanol–water partition coefficient (Wildman–Crippen LogP) is 4.98. The molecule has 1 aromatic heterocycles. The molecular weight excluding hydrogens is 571 g/mol. The Labute approximate surface area is 239 Å². The first-order valence-electron chi connectivity index (χ1n) is 12.2. The molecule has 2 heterocycles. The van der Waals surface area contributed by atoms with E-state index >= 15 is 0 Å². The van der Waals surface area contributed by atoms with Crippen LogP contribution in [0.25, 0.3) is 11.3 Å². The van der Waals surface area contributed by atoms with Crippen LogP contribution in [0.15, 0.2) is 98.1 Å². The van der Waals surface area contributed by atoms with E-state index in [4.69, 9.17) is 14.8 Å². The second-order valence-electron chi connectivity index (χ2n) is 8.66. The molecule has 1 aliphatic heterocycles. The highest BCUT2D eigenvalue weighted by Crippen LogP contribution is 2.25. The van der Waals surface area contributed by atoms with Crippen molar-refractivity contribution in [3.05, 3.63) is 98.7 Å². The summed E-state index contributed by atoms with van der Waals surface area (Å²) in [4.78, 5) is 17.3. The Morgan fingerprint density at radius 3 is 2.30 bits per heavy atom. The number of rotatable bonds is 8. The third-order valence-electron chi connectivity index (χ3n) is 6.17. The van der Waals surface area contributed by atoms with Crippen molar-refractivity contribution in [1.29, 1.82) is 0 Å². The molecule has 5 rings (SSSR count). The Hall–Kier alpha value is -3.62. The van der Waals surface area contributed by atoms with Crippen molar-refractivity contribution in [3.63, 3.8) is 0 Å². The molecule has 4 aromatic rings. The number of hydrogen-bond donors (Lipinski definition) is 0. The molecule has 0 saturated carbocycles. The third kappa shape index (κ3) is 6.24. The highest BCUT2D eigenvalue weighted by Gasteiger charge is 2.26. The molecular formula is C27H25N5O5S3. The summed E-state index contributed by atoms with van der Waals surface area (Å²) in [6.07, 6.45) is 3.74. The van der Waals surface area contributed by atoms with Crippen molar-refractivity contribution in [3.8, 4) is 11.3 Å². The van der Waals surface area contributed by atoms with Crippen LogP contribution >= 0.6 is 23.1 Å². The highest BCUT2D eigenvalue weighted by atomic mass is 32.2. The van der Waals surface area contributed by atoms with E-state index in [1.54, 1.807) is 59.1 Å². The largest absolute Gasteiger partial charge is 0.379 e. The Balaban J connectivity index is 1.51. The van der Waals surface area contributed by atoms with Gasteiger partial charge in [0.15, 0.2) is 0 Å². The number of sulfonamides is 1. The SMILES string of the molecule is CSc1ccc(C=Nn2c(-c3ccc([N+](=O)[O-])cc3)csc2=Nc2ccc(S(=O)(=O)N3CCOCC3)cc2)cc1. The van der Waals surface area contributed by atoms with Crippen molar-refractivity contribution in [2.45, 2.75) is 9.79 Å². The van der Waals surface area contributed by atoms with Crippen molar-refractivity contribution in [1.82, 2.24) is 8.98 Å². The van der Waals surface area contributed by atoms with Gasteiger partial charge in [-0.1, -0.05) is 12.1 Å². The van der Waals surface area contributed by atoms with E-state index in [0.29, 0.717) is 42.5 Å². The zero-order valence-corrected chi connectivity index (χ0v) is 23.9. The maximum Gasteiger partial charge on any atom is 0.269 e. The second kappa shape index (κ2) is 12.3. The zero-order chi connectivity index (χ0) is 28.1. The first-order chi connectivity index (χ1) is 19.3. The van der Waals surface area contributed by atoms with Gasteiger partial charge in [0.1, 0.15) is 0 Å².